The smallest absolute Gasteiger partial charge is 0.407 e. The molecule has 1 aromatic rings. The van der Waals surface area contributed by atoms with Gasteiger partial charge in [-0.25, -0.2) is 4.79 Å². The van der Waals surface area contributed by atoms with Crippen molar-refractivity contribution in [3.05, 3.63) is 23.5 Å². The van der Waals surface area contributed by atoms with Gasteiger partial charge in [-0.3, -0.25) is 9.69 Å². The van der Waals surface area contributed by atoms with Crippen LogP contribution in [-0.4, -0.2) is 46.6 Å². The lowest BCUT2D eigenvalue weighted by atomic mass is 9.95. The van der Waals surface area contributed by atoms with Gasteiger partial charge >= 0.3 is 6.09 Å². The number of ether oxygens (including phenoxy) is 1. The molecule has 1 spiro atoms. The van der Waals surface area contributed by atoms with Crippen LogP contribution in [0.4, 0.5) is 4.79 Å². The molecule has 2 aliphatic heterocycles. The van der Waals surface area contributed by atoms with Crippen molar-refractivity contribution in [1.82, 2.24) is 14.8 Å². The van der Waals surface area contributed by atoms with Crippen molar-refractivity contribution in [1.29, 1.82) is 0 Å². The van der Waals surface area contributed by atoms with Gasteiger partial charge in [0.15, 0.2) is 5.78 Å². The van der Waals surface area contributed by atoms with E-state index in [4.69, 9.17) is 4.74 Å². The summed E-state index contributed by atoms with van der Waals surface area (Å²) < 4.78 is 7.52. The third kappa shape index (κ3) is 3.02. The van der Waals surface area contributed by atoms with E-state index >= 15 is 0 Å². The SMILES string of the molecule is CC(=O)c1cc(CN2CCC[C@]3(CC2)CNC(=O)O3)n(C)c1. The molecule has 0 radical (unpaired) electrons. The van der Waals surface area contributed by atoms with Gasteiger partial charge < -0.3 is 14.6 Å². The first-order chi connectivity index (χ1) is 10.5. The fraction of sp³-hybridized carbons (Fsp3) is 0.625. The van der Waals surface area contributed by atoms with Crippen molar-refractivity contribution in [2.24, 2.45) is 7.05 Å². The summed E-state index contributed by atoms with van der Waals surface area (Å²) in [5.41, 5.74) is 1.59. The van der Waals surface area contributed by atoms with E-state index in [1.54, 1.807) is 6.92 Å². The summed E-state index contributed by atoms with van der Waals surface area (Å²) in [6.45, 7) is 4.92. The number of aryl methyl sites for hydroxylation is 1. The van der Waals surface area contributed by atoms with Gasteiger partial charge in [0.2, 0.25) is 0 Å². The van der Waals surface area contributed by atoms with Gasteiger partial charge in [0.25, 0.3) is 0 Å². The second kappa shape index (κ2) is 5.76. The number of rotatable bonds is 3. The summed E-state index contributed by atoms with van der Waals surface area (Å²) in [5, 5.41) is 2.78. The average molecular weight is 305 g/mol. The normalized spacial score (nSPS) is 25.8. The Labute approximate surface area is 130 Å². The number of ketones is 1. The topological polar surface area (TPSA) is 63.6 Å². The van der Waals surface area contributed by atoms with E-state index in [1.165, 1.54) is 0 Å². The molecule has 22 heavy (non-hydrogen) atoms. The molecule has 1 N–H and O–H groups in total. The van der Waals surface area contributed by atoms with Gasteiger partial charge in [-0.05, 0) is 32.4 Å². The standard InChI is InChI=1S/C16H23N3O3/c1-12(20)13-8-14(18(2)9-13)10-19-6-3-4-16(5-7-19)11-17-15(21)22-16/h8-9H,3-7,10-11H2,1-2H3,(H,17,21)/t16-/m0/s1. The molecule has 2 fully saturated rings. The Kier molecular flexibility index (Phi) is 3.95. The zero-order valence-electron chi connectivity index (χ0n) is 13.2. The van der Waals surface area contributed by atoms with Crippen LogP contribution in [0.3, 0.4) is 0 Å². The molecular weight excluding hydrogens is 282 g/mol. The highest BCUT2D eigenvalue weighted by atomic mass is 16.6. The van der Waals surface area contributed by atoms with Crippen LogP contribution in [0.15, 0.2) is 12.3 Å². The van der Waals surface area contributed by atoms with Crippen molar-refractivity contribution in [3.8, 4) is 0 Å². The highest BCUT2D eigenvalue weighted by Gasteiger charge is 2.41. The second-order valence-electron chi connectivity index (χ2n) is 6.44. The van der Waals surface area contributed by atoms with Crippen molar-refractivity contribution < 1.29 is 14.3 Å². The van der Waals surface area contributed by atoms with Gasteiger partial charge in [0.05, 0.1) is 6.54 Å². The number of likely N-dealkylation sites (tertiary alicyclic amines) is 1. The molecule has 0 aliphatic carbocycles. The van der Waals surface area contributed by atoms with Crippen LogP contribution < -0.4 is 5.32 Å². The number of carbonyl (C=O) groups is 2. The van der Waals surface area contributed by atoms with Crippen LogP contribution in [0, 0.1) is 0 Å². The summed E-state index contributed by atoms with van der Waals surface area (Å²) in [4.78, 5) is 25.2. The molecule has 3 rings (SSSR count). The monoisotopic (exact) mass is 305 g/mol. The first-order valence-corrected chi connectivity index (χ1v) is 7.83. The number of carbonyl (C=O) groups excluding carboxylic acids is 2. The Hall–Kier alpha value is -1.82. The summed E-state index contributed by atoms with van der Waals surface area (Å²) in [7, 11) is 1.98. The molecule has 2 aliphatic rings. The van der Waals surface area contributed by atoms with E-state index in [9.17, 15) is 9.59 Å². The number of aromatic nitrogens is 1. The minimum Gasteiger partial charge on any atom is -0.441 e. The third-order valence-corrected chi connectivity index (χ3v) is 4.75. The molecule has 0 saturated carbocycles. The first-order valence-electron chi connectivity index (χ1n) is 7.83. The van der Waals surface area contributed by atoms with E-state index in [1.807, 2.05) is 23.9 Å². The number of nitrogens with zero attached hydrogens (tertiary/aromatic N) is 2. The van der Waals surface area contributed by atoms with E-state index in [-0.39, 0.29) is 17.5 Å². The highest BCUT2D eigenvalue weighted by molar-refractivity contribution is 5.94. The predicted octanol–water partition coefficient (Wildman–Crippen LogP) is 1.69. The maximum absolute atomic E-state index is 11.5. The molecular formula is C16H23N3O3. The molecule has 1 atom stereocenters. The molecule has 6 heteroatoms. The summed E-state index contributed by atoms with van der Waals surface area (Å²) in [6.07, 6.45) is 4.38. The molecule has 0 bridgehead atoms. The van der Waals surface area contributed by atoms with Crippen LogP contribution in [-0.2, 0) is 18.3 Å². The summed E-state index contributed by atoms with van der Waals surface area (Å²) in [5.74, 6) is 0.0978. The largest absolute Gasteiger partial charge is 0.441 e. The fourth-order valence-corrected chi connectivity index (χ4v) is 3.35. The maximum atomic E-state index is 11.5. The second-order valence-corrected chi connectivity index (χ2v) is 6.44. The lowest BCUT2D eigenvalue weighted by Crippen LogP contribution is -2.34. The molecule has 120 valence electrons. The molecule has 0 unspecified atom stereocenters. The van der Waals surface area contributed by atoms with Crippen molar-refractivity contribution >= 4 is 11.9 Å². The zero-order valence-corrected chi connectivity index (χ0v) is 13.2. The van der Waals surface area contributed by atoms with Gasteiger partial charge in [0.1, 0.15) is 5.60 Å². The number of amides is 1. The van der Waals surface area contributed by atoms with E-state index in [0.29, 0.717) is 6.54 Å². The average Bonchev–Trinajstić information content (AvgIpc) is 2.93. The molecule has 0 aromatic carbocycles. The highest BCUT2D eigenvalue weighted by Crippen LogP contribution is 2.29. The van der Waals surface area contributed by atoms with Crippen molar-refractivity contribution in [3.63, 3.8) is 0 Å². The van der Waals surface area contributed by atoms with E-state index in [2.05, 4.69) is 10.2 Å². The fourth-order valence-electron chi connectivity index (χ4n) is 3.35. The Bertz CT molecular complexity index is 595. The lowest BCUT2D eigenvalue weighted by Gasteiger charge is -2.25. The van der Waals surface area contributed by atoms with Gasteiger partial charge in [-0.15, -0.1) is 0 Å². The summed E-state index contributed by atoms with van der Waals surface area (Å²) >= 11 is 0. The first kappa shape index (κ1) is 15.1. The number of Topliss-reactive ketones (excluding diaryl/α,β-unsaturated/α-hetero) is 1. The molecule has 1 aromatic heterocycles. The van der Waals surface area contributed by atoms with E-state index in [0.717, 1.165) is 50.2 Å². The Morgan fingerprint density at radius 1 is 1.41 bits per heavy atom. The maximum Gasteiger partial charge on any atom is 0.407 e. The van der Waals surface area contributed by atoms with Crippen LogP contribution >= 0.6 is 0 Å². The van der Waals surface area contributed by atoms with Gasteiger partial charge in [-0.2, -0.15) is 0 Å². The third-order valence-electron chi connectivity index (χ3n) is 4.75. The van der Waals surface area contributed by atoms with Gasteiger partial charge in [-0.1, -0.05) is 0 Å². The van der Waals surface area contributed by atoms with Crippen LogP contribution in [0.2, 0.25) is 0 Å². The summed E-state index contributed by atoms with van der Waals surface area (Å²) in [6, 6.07) is 1.97. The Morgan fingerprint density at radius 3 is 2.86 bits per heavy atom. The van der Waals surface area contributed by atoms with Crippen LogP contribution in [0.1, 0.15) is 42.2 Å². The predicted molar refractivity (Wildman–Crippen MR) is 81.8 cm³/mol. The van der Waals surface area contributed by atoms with Crippen LogP contribution in [0.5, 0.6) is 0 Å². The Morgan fingerprint density at radius 2 is 2.23 bits per heavy atom. The van der Waals surface area contributed by atoms with Crippen molar-refractivity contribution in [2.45, 2.75) is 38.3 Å². The quantitative estimate of drug-likeness (QED) is 0.863. The van der Waals surface area contributed by atoms with Gasteiger partial charge in [0, 0.05) is 44.0 Å². The minimum atomic E-state index is -0.315. The molecule has 3 heterocycles. The molecule has 6 nitrogen and oxygen atoms in total. The minimum absolute atomic E-state index is 0.0978. The number of nitrogens with one attached hydrogen (secondary N) is 1. The van der Waals surface area contributed by atoms with Crippen molar-refractivity contribution in [2.75, 3.05) is 19.6 Å². The number of hydrogen-bond acceptors (Lipinski definition) is 4. The molecule has 1 amide bonds. The zero-order chi connectivity index (χ0) is 15.7. The lowest BCUT2D eigenvalue weighted by molar-refractivity contribution is 0.0442. The van der Waals surface area contributed by atoms with Crippen LogP contribution in [0.25, 0.3) is 0 Å². The van der Waals surface area contributed by atoms with E-state index < -0.39 is 0 Å². The molecule has 2 saturated heterocycles. The number of alkyl carbamates (subject to hydrolysis) is 1. The number of hydrogen-bond donors (Lipinski definition) is 1. The Balaban J connectivity index is 1.64.